The van der Waals surface area contributed by atoms with Gasteiger partial charge in [0.2, 0.25) is 6.10 Å². The Bertz CT molecular complexity index is 896. The molecule has 2 atom stereocenters. The molecule has 1 aliphatic rings. The Morgan fingerprint density at radius 2 is 1.93 bits per heavy atom. The molecule has 0 saturated carbocycles. The van der Waals surface area contributed by atoms with Gasteiger partial charge in [0.15, 0.2) is 11.5 Å². The molecule has 0 spiro atoms. The Labute approximate surface area is 157 Å². The van der Waals surface area contributed by atoms with Crippen LogP contribution in [0.4, 0.5) is 0 Å². The second-order valence-corrected chi connectivity index (χ2v) is 6.49. The van der Waals surface area contributed by atoms with Crippen LogP contribution < -0.4 is 9.47 Å². The Balaban J connectivity index is 1.59. The van der Waals surface area contributed by atoms with Crippen molar-refractivity contribution in [3.8, 4) is 11.5 Å². The molecule has 6 heteroatoms. The second kappa shape index (κ2) is 7.53. The first-order chi connectivity index (χ1) is 13.2. The van der Waals surface area contributed by atoms with Crippen LogP contribution in [-0.4, -0.2) is 33.5 Å². The van der Waals surface area contributed by atoms with Crippen molar-refractivity contribution < 1.29 is 14.3 Å². The van der Waals surface area contributed by atoms with Crippen LogP contribution in [0.1, 0.15) is 24.2 Å². The fourth-order valence-corrected chi connectivity index (χ4v) is 3.20. The molecule has 27 heavy (non-hydrogen) atoms. The van der Waals surface area contributed by atoms with Crippen molar-refractivity contribution in [3.63, 3.8) is 0 Å². The first-order valence-electron chi connectivity index (χ1n) is 8.93. The zero-order chi connectivity index (χ0) is 18.6. The summed E-state index contributed by atoms with van der Waals surface area (Å²) in [6, 6.07) is 17.2. The standard InChI is InChI=1S/C21H21N3O3/c1-15(16-7-3-2-4-8-16)24(12-17-11-22-14-23-17)21(25)20-13-26-18-9-5-6-10-19(18)27-20/h2-11,14-15,20H,12-13H2,1H3,(H,22,23)/t15-,20+/m0/s1. The average molecular weight is 363 g/mol. The summed E-state index contributed by atoms with van der Waals surface area (Å²) >= 11 is 0. The van der Waals surface area contributed by atoms with Crippen LogP contribution in [0.3, 0.4) is 0 Å². The molecule has 6 nitrogen and oxygen atoms in total. The number of ether oxygens (including phenoxy) is 2. The van der Waals surface area contributed by atoms with Crippen LogP contribution >= 0.6 is 0 Å². The van der Waals surface area contributed by atoms with E-state index in [9.17, 15) is 4.79 Å². The van der Waals surface area contributed by atoms with E-state index in [1.807, 2.05) is 61.5 Å². The maximum absolute atomic E-state index is 13.3. The van der Waals surface area contributed by atoms with E-state index in [1.54, 1.807) is 17.4 Å². The molecule has 1 amide bonds. The Hall–Kier alpha value is -3.28. The third-order valence-electron chi connectivity index (χ3n) is 4.71. The zero-order valence-electron chi connectivity index (χ0n) is 15.0. The van der Waals surface area contributed by atoms with E-state index in [0.717, 1.165) is 11.3 Å². The average Bonchev–Trinajstić information content (AvgIpc) is 3.24. The Morgan fingerprint density at radius 3 is 2.67 bits per heavy atom. The number of nitrogens with zero attached hydrogens (tertiary/aromatic N) is 2. The summed E-state index contributed by atoms with van der Waals surface area (Å²) in [7, 11) is 0. The van der Waals surface area contributed by atoms with Gasteiger partial charge in [-0.1, -0.05) is 42.5 Å². The maximum Gasteiger partial charge on any atom is 0.268 e. The van der Waals surface area contributed by atoms with E-state index >= 15 is 0 Å². The van der Waals surface area contributed by atoms with Gasteiger partial charge >= 0.3 is 0 Å². The van der Waals surface area contributed by atoms with Gasteiger partial charge in [0, 0.05) is 6.20 Å². The van der Waals surface area contributed by atoms with Gasteiger partial charge in [-0.25, -0.2) is 4.98 Å². The molecule has 138 valence electrons. The van der Waals surface area contributed by atoms with Crippen molar-refractivity contribution in [2.45, 2.75) is 25.6 Å². The van der Waals surface area contributed by atoms with E-state index in [4.69, 9.17) is 9.47 Å². The number of benzene rings is 2. The number of aromatic amines is 1. The highest BCUT2D eigenvalue weighted by Gasteiger charge is 2.33. The van der Waals surface area contributed by atoms with Crippen LogP contribution in [0.15, 0.2) is 67.1 Å². The van der Waals surface area contributed by atoms with Crippen molar-refractivity contribution in [2.75, 3.05) is 6.61 Å². The van der Waals surface area contributed by atoms with Crippen molar-refractivity contribution in [2.24, 2.45) is 0 Å². The molecular formula is C21H21N3O3. The summed E-state index contributed by atoms with van der Waals surface area (Å²) < 4.78 is 11.7. The van der Waals surface area contributed by atoms with Crippen LogP contribution in [0.5, 0.6) is 11.5 Å². The minimum absolute atomic E-state index is 0.115. The molecule has 1 N–H and O–H groups in total. The fraction of sp³-hybridized carbons (Fsp3) is 0.238. The largest absolute Gasteiger partial charge is 0.485 e. The molecule has 1 aliphatic heterocycles. The summed E-state index contributed by atoms with van der Waals surface area (Å²) in [6.07, 6.45) is 2.65. The van der Waals surface area contributed by atoms with Crippen molar-refractivity contribution in [1.29, 1.82) is 0 Å². The highest BCUT2D eigenvalue weighted by Crippen LogP contribution is 2.32. The van der Waals surface area contributed by atoms with Crippen LogP contribution in [0, 0.1) is 0 Å². The number of carbonyl (C=O) groups excluding carboxylic acids is 1. The first kappa shape index (κ1) is 17.1. The van der Waals surface area contributed by atoms with Crippen LogP contribution in [0.25, 0.3) is 0 Å². The fourth-order valence-electron chi connectivity index (χ4n) is 3.20. The highest BCUT2D eigenvalue weighted by atomic mass is 16.6. The quantitative estimate of drug-likeness (QED) is 0.755. The number of carbonyl (C=O) groups is 1. The first-order valence-corrected chi connectivity index (χ1v) is 8.93. The topological polar surface area (TPSA) is 67.5 Å². The van der Waals surface area contributed by atoms with Gasteiger partial charge in [-0.05, 0) is 24.6 Å². The minimum atomic E-state index is -0.686. The lowest BCUT2D eigenvalue weighted by atomic mass is 10.1. The number of fused-ring (bicyclic) bond motifs is 1. The molecule has 0 unspecified atom stereocenters. The molecule has 1 aromatic heterocycles. The lowest BCUT2D eigenvalue weighted by Gasteiger charge is -2.34. The molecule has 0 saturated heterocycles. The maximum atomic E-state index is 13.3. The summed E-state index contributed by atoms with van der Waals surface area (Å²) in [4.78, 5) is 22.3. The van der Waals surface area contributed by atoms with Crippen molar-refractivity contribution in [3.05, 3.63) is 78.4 Å². The van der Waals surface area contributed by atoms with Gasteiger partial charge in [-0.15, -0.1) is 0 Å². The summed E-state index contributed by atoms with van der Waals surface area (Å²) in [5.74, 6) is 1.14. The summed E-state index contributed by atoms with van der Waals surface area (Å²) in [5.41, 5.74) is 1.92. The van der Waals surface area contributed by atoms with E-state index in [1.165, 1.54) is 0 Å². The van der Waals surface area contributed by atoms with Gasteiger partial charge in [0.05, 0.1) is 24.6 Å². The van der Waals surface area contributed by atoms with Gasteiger partial charge in [0.1, 0.15) is 6.61 Å². The third-order valence-corrected chi connectivity index (χ3v) is 4.71. The number of rotatable bonds is 5. The van der Waals surface area contributed by atoms with Gasteiger partial charge in [-0.3, -0.25) is 4.79 Å². The smallest absolute Gasteiger partial charge is 0.268 e. The number of hydrogen-bond acceptors (Lipinski definition) is 4. The molecule has 0 radical (unpaired) electrons. The van der Waals surface area contributed by atoms with Crippen molar-refractivity contribution >= 4 is 5.91 Å². The molecule has 0 bridgehead atoms. The lowest BCUT2D eigenvalue weighted by Crippen LogP contribution is -2.47. The van der Waals surface area contributed by atoms with E-state index < -0.39 is 6.10 Å². The predicted molar refractivity (Wildman–Crippen MR) is 100 cm³/mol. The lowest BCUT2D eigenvalue weighted by molar-refractivity contribution is -0.144. The van der Waals surface area contributed by atoms with E-state index in [2.05, 4.69) is 9.97 Å². The van der Waals surface area contributed by atoms with E-state index in [0.29, 0.717) is 18.0 Å². The monoisotopic (exact) mass is 363 g/mol. The molecule has 2 aromatic carbocycles. The molecule has 0 aliphatic carbocycles. The van der Waals surface area contributed by atoms with Crippen molar-refractivity contribution in [1.82, 2.24) is 14.9 Å². The number of aromatic nitrogens is 2. The normalized spacial score (nSPS) is 16.6. The van der Waals surface area contributed by atoms with Crippen LogP contribution in [-0.2, 0) is 11.3 Å². The highest BCUT2D eigenvalue weighted by molar-refractivity contribution is 5.82. The van der Waals surface area contributed by atoms with Gasteiger partial charge in [-0.2, -0.15) is 0 Å². The zero-order valence-corrected chi connectivity index (χ0v) is 15.0. The molecule has 3 aromatic rings. The number of H-pyrrole nitrogens is 1. The summed E-state index contributed by atoms with van der Waals surface area (Å²) in [5, 5.41) is 0. The Morgan fingerprint density at radius 1 is 1.19 bits per heavy atom. The number of amides is 1. The Kier molecular flexibility index (Phi) is 4.78. The van der Waals surface area contributed by atoms with Crippen LogP contribution in [0.2, 0.25) is 0 Å². The SMILES string of the molecule is C[C@@H](c1ccccc1)N(Cc1cnc[nH]1)C(=O)[C@H]1COc2ccccc2O1. The van der Waals surface area contributed by atoms with Gasteiger partial charge < -0.3 is 19.4 Å². The molecule has 0 fully saturated rings. The number of imidazole rings is 1. The van der Waals surface area contributed by atoms with E-state index in [-0.39, 0.29) is 18.6 Å². The number of para-hydroxylation sites is 2. The number of hydrogen-bond donors (Lipinski definition) is 1. The predicted octanol–water partition coefficient (Wildman–Crippen LogP) is 3.34. The minimum Gasteiger partial charge on any atom is -0.485 e. The summed E-state index contributed by atoms with van der Waals surface area (Å²) in [6.45, 7) is 2.62. The second-order valence-electron chi connectivity index (χ2n) is 6.49. The third kappa shape index (κ3) is 3.65. The molecular weight excluding hydrogens is 342 g/mol. The molecule has 4 rings (SSSR count). The molecule has 2 heterocycles. The number of nitrogens with one attached hydrogen (secondary N) is 1. The van der Waals surface area contributed by atoms with Gasteiger partial charge in [0.25, 0.3) is 5.91 Å².